The quantitative estimate of drug-likeness (QED) is 0.612. The molecule has 0 aliphatic rings. The minimum absolute atomic E-state index is 0.492. The summed E-state index contributed by atoms with van der Waals surface area (Å²) in [5.41, 5.74) is 1.69. The molecule has 0 aliphatic carbocycles. The summed E-state index contributed by atoms with van der Waals surface area (Å²) in [7, 11) is 0. The first kappa shape index (κ1) is 7.73. The second-order valence-electron chi connectivity index (χ2n) is 2.16. The van der Waals surface area contributed by atoms with Crippen molar-refractivity contribution in [1.82, 2.24) is 0 Å². The van der Waals surface area contributed by atoms with Crippen LogP contribution in [0, 0.1) is 11.3 Å². The van der Waals surface area contributed by atoms with Crippen LogP contribution in [0.3, 0.4) is 0 Å². The first-order valence-electron chi connectivity index (χ1n) is 3.23. The van der Waals surface area contributed by atoms with Crippen molar-refractivity contribution < 1.29 is 10.7 Å². The Morgan fingerprint density at radius 1 is 1.36 bits per heavy atom. The van der Waals surface area contributed by atoms with Crippen LogP contribution in [0.25, 0.3) is 0 Å². The Labute approximate surface area is 65.0 Å². The maximum atomic E-state index is 8.46. The summed E-state index contributed by atoms with van der Waals surface area (Å²) < 4.78 is 0. The van der Waals surface area contributed by atoms with E-state index in [-0.39, 0.29) is 0 Å². The van der Waals surface area contributed by atoms with Gasteiger partial charge in [-0.1, -0.05) is 12.1 Å². The Hall–Kier alpha value is -1.37. The summed E-state index contributed by atoms with van der Waals surface area (Å²) in [5, 5.41) is 8.46. The van der Waals surface area contributed by atoms with Crippen LogP contribution in [0.1, 0.15) is 11.1 Å². The summed E-state index contributed by atoms with van der Waals surface area (Å²) in [5.74, 6) is 3.26. The molecule has 0 saturated heterocycles. The number of rotatable bonds is 2. The lowest BCUT2D eigenvalue weighted by Gasteiger charge is -1.94. The predicted octanol–water partition coefficient (Wildman–Crippen LogP) is 0.232. The first-order chi connectivity index (χ1) is 5.36. The molecule has 0 amide bonds. The van der Waals surface area contributed by atoms with Gasteiger partial charge in [-0.25, -0.2) is 10.7 Å². The van der Waals surface area contributed by atoms with E-state index in [2.05, 4.69) is 10.7 Å². The highest BCUT2D eigenvalue weighted by Crippen LogP contribution is 2.02. The third-order valence-corrected chi connectivity index (χ3v) is 1.35. The highest BCUT2D eigenvalue weighted by molar-refractivity contribution is 5.31. The smallest absolute Gasteiger partial charge is 0.131 e. The number of quaternary nitrogens is 1. The number of benzene rings is 1. The lowest BCUT2D eigenvalue weighted by molar-refractivity contribution is -0.695. The van der Waals surface area contributed by atoms with Crippen LogP contribution in [0.15, 0.2) is 24.3 Å². The zero-order valence-corrected chi connectivity index (χ0v) is 6.08. The van der Waals surface area contributed by atoms with Gasteiger partial charge in [-0.3, -0.25) is 0 Å². The molecule has 1 rings (SSSR count). The second kappa shape index (κ2) is 3.71. The van der Waals surface area contributed by atoms with Gasteiger partial charge >= 0.3 is 0 Å². The molecule has 0 aliphatic heterocycles. The molecule has 11 heavy (non-hydrogen) atoms. The Balaban J connectivity index is 2.76. The molecular weight excluding hydrogens is 140 g/mol. The van der Waals surface area contributed by atoms with E-state index in [0.717, 1.165) is 5.56 Å². The van der Waals surface area contributed by atoms with Crippen molar-refractivity contribution in [2.45, 2.75) is 6.61 Å². The van der Waals surface area contributed by atoms with Gasteiger partial charge in [0.05, 0.1) is 11.6 Å². The maximum absolute atomic E-state index is 8.46. The van der Waals surface area contributed by atoms with E-state index in [9.17, 15) is 0 Å². The second-order valence-corrected chi connectivity index (χ2v) is 2.16. The van der Waals surface area contributed by atoms with E-state index in [0.29, 0.717) is 12.2 Å². The first-order valence-corrected chi connectivity index (χ1v) is 3.23. The summed E-state index contributed by atoms with van der Waals surface area (Å²) in [6.45, 7) is 0.492. The molecule has 0 saturated carbocycles. The SMILES string of the molecule is N#Cc1ccc(CO[NH3+])cc1. The van der Waals surface area contributed by atoms with Crippen LogP contribution in [-0.2, 0) is 11.4 Å². The minimum atomic E-state index is 0.492. The lowest BCUT2D eigenvalue weighted by atomic mass is 10.2. The molecule has 0 spiro atoms. The lowest BCUT2D eigenvalue weighted by Crippen LogP contribution is -2.48. The number of nitrogens with zero attached hydrogens (tertiary/aromatic N) is 1. The topological polar surface area (TPSA) is 60.7 Å². The Bertz CT molecular complexity index is 260. The van der Waals surface area contributed by atoms with E-state index < -0.39 is 0 Å². The van der Waals surface area contributed by atoms with Crippen molar-refractivity contribution >= 4 is 0 Å². The Kier molecular flexibility index (Phi) is 2.61. The summed E-state index contributed by atoms with van der Waals surface area (Å²) in [6, 6.07) is 9.26. The van der Waals surface area contributed by atoms with Crippen LogP contribution in [0.2, 0.25) is 0 Å². The van der Waals surface area contributed by atoms with Crippen LogP contribution >= 0.6 is 0 Å². The van der Waals surface area contributed by atoms with Gasteiger partial charge in [0.2, 0.25) is 0 Å². The molecule has 0 radical (unpaired) electrons. The third-order valence-electron chi connectivity index (χ3n) is 1.35. The van der Waals surface area contributed by atoms with Crippen LogP contribution in [0.4, 0.5) is 0 Å². The van der Waals surface area contributed by atoms with Crippen molar-refractivity contribution in [2.24, 2.45) is 0 Å². The van der Waals surface area contributed by atoms with E-state index in [1.165, 1.54) is 0 Å². The fourth-order valence-corrected chi connectivity index (χ4v) is 0.793. The molecular formula is C8H9N2O+. The van der Waals surface area contributed by atoms with Gasteiger partial charge in [0.1, 0.15) is 6.61 Å². The van der Waals surface area contributed by atoms with Gasteiger partial charge < -0.3 is 0 Å². The molecule has 0 unspecified atom stereocenters. The van der Waals surface area contributed by atoms with Crippen LogP contribution < -0.4 is 5.90 Å². The Morgan fingerprint density at radius 2 is 2.00 bits per heavy atom. The van der Waals surface area contributed by atoms with Gasteiger partial charge in [-0.2, -0.15) is 5.26 Å². The normalized spacial score (nSPS) is 9.09. The molecule has 0 bridgehead atoms. The molecule has 3 heteroatoms. The molecule has 1 aromatic rings. The average molecular weight is 149 g/mol. The van der Waals surface area contributed by atoms with Crippen molar-refractivity contribution in [3.8, 4) is 6.07 Å². The monoisotopic (exact) mass is 149 g/mol. The van der Waals surface area contributed by atoms with Gasteiger partial charge in [-0.05, 0) is 17.7 Å². The van der Waals surface area contributed by atoms with Crippen LogP contribution in [-0.4, -0.2) is 0 Å². The van der Waals surface area contributed by atoms with E-state index >= 15 is 0 Å². The highest BCUT2D eigenvalue weighted by Gasteiger charge is 1.92. The molecule has 3 nitrogen and oxygen atoms in total. The van der Waals surface area contributed by atoms with Gasteiger partial charge in [0.25, 0.3) is 0 Å². The average Bonchev–Trinajstić information content (AvgIpc) is 2.07. The molecule has 0 atom stereocenters. The van der Waals surface area contributed by atoms with Crippen molar-refractivity contribution in [3.05, 3.63) is 35.4 Å². The van der Waals surface area contributed by atoms with Crippen LogP contribution in [0.5, 0.6) is 0 Å². The maximum Gasteiger partial charge on any atom is 0.131 e. The zero-order chi connectivity index (χ0) is 8.10. The Morgan fingerprint density at radius 3 is 2.45 bits per heavy atom. The number of hydrogen-bond acceptors (Lipinski definition) is 2. The zero-order valence-electron chi connectivity index (χ0n) is 6.08. The third kappa shape index (κ3) is 2.04. The molecule has 1 aromatic carbocycles. The molecule has 0 fully saturated rings. The summed E-state index contributed by atoms with van der Waals surface area (Å²) in [4.78, 5) is 4.67. The largest absolute Gasteiger partial charge is 0.212 e. The van der Waals surface area contributed by atoms with Crippen molar-refractivity contribution in [3.63, 3.8) is 0 Å². The van der Waals surface area contributed by atoms with Crippen molar-refractivity contribution in [1.29, 1.82) is 5.26 Å². The summed E-state index contributed by atoms with van der Waals surface area (Å²) in [6.07, 6.45) is 0. The van der Waals surface area contributed by atoms with Gasteiger partial charge in [0, 0.05) is 0 Å². The van der Waals surface area contributed by atoms with E-state index in [4.69, 9.17) is 5.26 Å². The van der Waals surface area contributed by atoms with E-state index in [1.54, 1.807) is 12.1 Å². The standard InChI is InChI=1S/C8H9N2O/c9-5-7-1-3-8(4-2-7)6-11-10/h1-4H,6H2,10H3/q+1. The van der Waals surface area contributed by atoms with E-state index in [1.807, 2.05) is 18.2 Å². The molecule has 0 aromatic heterocycles. The molecule has 0 heterocycles. The fourth-order valence-electron chi connectivity index (χ4n) is 0.793. The summed E-state index contributed by atoms with van der Waals surface area (Å²) >= 11 is 0. The number of nitriles is 1. The minimum Gasteiger partial charge on any atom is -0.212 e. The predicted molar refractivity (Wildman–Crippen MR) is 38.8 cm³/mol. The van der Waals surface area contributed by atoms with Gasteiger partial charge in [0.15, 0.2) is 0 Å². The van der Waals surface area contributed by atoms with Crippen molar-refractivity contribution in [2.75, 3.05) is 0 Å². The van der Waals surface area contributed by atoms with Gasteiger partial charge in [-0.15, -0.1) is 0 Å². The molecule has 56 valence electrons. The molecule has 3 N–H and O–H groups in total. The highest BCUT2D eigenvalue weighted by atomic mass is 16.6. The number of hydrogen-bond donors (Lipinski definition) is 1. The fraction of sp³-hybridized carbons (Fsp3) is 0.125.